The van der Waals surface area contributed by atoms with Crippen LogP contribution in [0, 0.1) is 11.8 Å². The van der Waals surface area contributed by atoms with Crippen LogP contribution in [0.4, 0.5) is 34.1 Å². The van der Waals surface area contributed by atoms with Gasteiger partial charge in [0.25, 0.3) is 0 Å². The molecule has 0 aliphatic heterocycles. The van der Waals surface area contributed by atoms with Gasteiger partial charge < -0.3 is 9.80 Å². The van der Waals surface area contributed by atoms with E-state index in [9.17, 15) is 0 Å². The third-order valence-electron chi connectivity index (χ3n) is 22.9. The van der Waals surface area contributed by atoms with Gasteiger partial charge in [-0.05, 0) is 234 Å². The Labute approximate surface area is 558 Å². The van der Waals surface area contributed by atoms with Crippen molar-refractivity contribution >= 4 is 45.8 Å². The standard InChI is InChI=1S/C93H70N2/c1-3-61-40-42-62(43-41-61)59-91(65-24-9-5-10-25-65)82-36-20-17-32-73(82)76-50-46-69(55-86(76)91)94(67-28-13-7-14-29-67)71-47-51-77-74-33-18-21-37-83(74)93(88(77)57-71)84-38-22-19-34-75(84)78-52-48-72(58-89(78)93)95(68-30-15-8-16-31-68)70-49-53-80-87(56-70)92(66-26-11-6-12-27-66)60-63-44-45-64(4-2)81(54-63)79-35-23-39-85(92)90(79)80/h3-22,24-38,40-43,46-58,64,81H,1-2,23,39,44-45,59-60H2/t64?,81-,91?,92?,93?/m1/s1. The third kappa shape index (κ3) is 7.98. The first-order valence-electron chi connectivity index (χ1n) is 34.1. The molecule has 12 aromatic rings. The largest absolute Gasteiger partial charge is 0.310 e. The molecule has 6 bridgehead atoms. The predicted octanol–water partition coefficient (Wildman–Crippen LogP) is 23.5. The van der Waals surface area contributed by atoms with Crippen LogP contribution in [0.5, 0.6) is 0 Å². The molecule has 1 spiro atoms. The molecule has 19 rings (SSSR count). The minimum atomic E-state index is -0.659. The lowest BCUT2D eigenvalue weighted by atomic mass is 9.61. The van der Waals surface area contributed by atoms with Crippen molar-refractivity contribution in [3.05, 3.63) is 406 Å². The van der Waals surface area contributed by atoms with Crippen molar-refractivity contribution < 1.29 is 0 Å². The Morgan fingerprint density at radius 1 is 0.400 bits per heavy atom. The molecular formula is C93H70N2. The molecule has 4 unspecified atom stereocenters. The van der Waals surface area contributed by atoms with Gasteiger partial charge in [-0.25, -0.2) is 0 Å². The van der Waals surface area contributed by atoms with E-state index in [-0.39, 0.29) is 5.41 Å². The van der Waals surface area contributed by atoms with E-state index in [1.54, 1.807) is 11.1 Å². The number of nitrogens with zero attached hydrogens (tertiary/aromatic N) is 2. The molecule has 0 saturated heterocycles. The van der Waals surface area contributed by atoms with Crippen LogP contribution >= 0.6 is 0 Å². The molecule has 0 heterocycles. The van der Waals surface area contributed by atoms with E-state index in [0.717, 1.165) is 78.2 Å². The summed E-state index contributed by atoms with van der Waals surface area (Å²) in [5, 5.41) is 0. The molecule has 7 aliphatic carbocycles. The molecule has 0 saturated carbocycles. The monoisotopic (exact) mass is 1210 g/mol. The van der Waals surface area contributed by atoms with Gasteiger partial charge in [0.2, 0.25) is 0 Å². The predicted molar refractivity (Wildman–Crippen MR) is 395 cm³/mol. The second-order valence-electron chi connectivity index (χ2n) is 27.3. The van der Waals surface area contributed by atoms with Crippen molar-refractivity contribution in [2.24, 2.45) is 11.8 Å². The lowest BCUT2D eigenvalue weighted by Crippen LogP contribution is -2.32. The van der Waals surface area contributed by atoms with Crippen molar-refractivity contribution in [2.75, 3.05) is 9.80 Å². The Hall–Kier alpha value is -11.1. The number of rotatable bonds is 12. The van der Waals surface area contributed by atoms with Gasteiger partial charge in [-0.15, -0.1) is 6.58 Å². The summed E-state index contributed by atoms with van der Waals surface area (Å²) in [6.45, 7) is 8.51. The zero-order valence-electron chi connectivity index (χ0n) is 53.2. The number of hydrogen-bond donors (Lipinski definition) is 0. The highest BCUT2D eigenvalue weighted by Gasteiger charge is 2.54. The van der Waals surface area contributed by atoms with Crippen LogP contribution in [0.25, 0.3) is 45.0 Å². The first kappa shape index (κ1) is 55.6. The van der Waals surface area contributed by atoms with Gasteiger partial charge in [0, 0.05) is 45.5 Å². The van der Waals surface area contributed by atoms with E-state index in [1.165, 1.54) is 106 Å². The third-order valence-corrected chi connectivity index (χ3v) is 22.9. The fraction of sp³-hybridized carbons (Fsp3) is 0.118. The van der Waals surface area contributed by atoms with E-state index in [4.69, 9.17) is 0 Å². The second kappa shape index (κ2) is 21.5. The van der Waals surface area contributed by atoms with E-state index in [0.29, 0.717) is 11.8 Å². The van der Waals surface area contributed by atoms with Crippen LogP contribution in [-0.4, -0.2) is 0 Å². The zero-order chi connectivity index (χ0) is 63.0. The zero-order valence-corrected chi connectivity index (χ0v) is 53.2. The van der Waals surface area contributed by atoms with Crippen LogP contribution in [0.1, 0.15) is 98.9 Å². The normalized spacial score (nSPS) is 20.8. The molecule has 12 aromatic carbocycles. The molecular weight excluding hydrogens is 1150 g/mol. The van der Waals surface area contributed by atoms with E-state index in [1.807, 2.05) is 6.08 Å². The highest BCUT2D eigenvalue weighted by atomic mass is 15.1. The van der Waals surface area contributed by atoms with Crippen LogP contribution in [0.2, 0.25) is 0 Å². The van der Waals surface area contributed by atoms with Gasteiger partial charge in [0.1, 0.15) is 0 Å². The number of benzene rings is 12. The highest BCUT2D eigenvalue weighted by Crippen LogP contribution is 2.66. The molecule has 2 heteroatoms. The molecule has 0 fully saturated rings. The van der Waals surface area contributed by atoms with Crippen LogP contribution in [0.3, 0.4) is 0 Å². The molecule has 0 aromatic heterocycles. The topological polar surface area (TPSA) is 6.48 Å². The first-order chi connectivity index (χ1) is 47.0. The minimum Gasteiger partial charge on any atom is -0.310 e. The summed E-state index contributed by atoms with van der Waals surface area (Å²) in [5.41, 5.74) is 34.9. The SMILES string of the molecule is C=Cc1ccc(CC2(c3ccccc3)c3ccccc3-c3ccc(N(c4ccccc4)c4ccc5c(c4)C4(c6ccccc6-c6ccc(N(c7ccccc7)c7ccc8c(c7)C7(c9ccccc9)CC9=C[C@@H](C%10=CCCC7=C%108)C(C=C)CC9)cc64)c4ccccc4-5)cc32)cc1. The summed E-state index contributed by atoms with van der Waals surface area (Å²) < 4.78 is 0. The maximum atomic E-state index is 4.42. The van der Waals surface area contributed by atoms with Gasteiger partial charge in [0.15, 0.2) is 0 Å². The van der Waals surface area contributed by atoms with Gasteiger partial charge in [-0.3, -0.25) is 0 Å². The highest BCUT2D eigenvalue weighted by molar-refractivity contribution is 5.99. The van der Waals surface area contributed by atoms with Crippen LogP contribution in [-0.2, 0) is 22.7 Å². The maximum absolute atomic E-state index is 4.42. The fourth-order valence-electron chi connectivity index (χ4n) is 19.0. The molecule has 2 nitrogen and oxygen atoms in total. The Morgan fingerprint density at radius 3 is 1.42 bits per heavy atom. The van der Waals surface area contributed by atoms with Crippen molar-refractivity contribution in [3.8, 4) is 33.4 Å². The average Bonchev–Trinajstić information content (AvgIpc) is 1.61. The van der Waals surface area contributed by atoms with Gasteiger partial charge in [-0.2, -0.15) is 0 Å². The number of allylic oxidation sites excluding steroid dienone is 7. The number of hydrogen-bond acceptors (Lipinski definition) is 2. The Morgan fingerprint density at radius 2 is 0.863 bits per heavy atom. The molecule has 0 amide bonds. The van der Waals surface area contributed by atoms with E-state index >= 15 is 0 Å². The summed E-state index contributed by atoms with van der Waals surface area (Å²) in [7, 11) is 0. The minimum absolute atomic E-state index is 0.290. The smallest absolute Gasteiger partial charge is 0.0727 e. The number of fused-ring (bicyclic) bond motifs is 17. The number of para-hydroxylation sites is 2. The van der Waals surface area contributed by atoms with Crippen LogP contribution < -0.4 is 9.80 Å². The fourth-order valence-corrected chi connectivity index (χ4v) is 19.0. The molecule has 0 radical (unpaired) electrons. The molecule has 0 N–H and O–H groups in total. The summed E-state index contributed by atoms with van der Waals surface area (Å²) in [5.74, 6) is 0.783. The summed E-state index contributed by atoms with van der Waals surface area (Å²) in [6, 6.07) is 111. The summed E-state index contributed by atoms with van der Waals surface area (Å²) >= 11 is 0. The van der Waals surface area contributed by atoms with Crippen LogP contribution in [0.15, 0.2) is 339 Å². The maximum Gasteiger partial charge on any atom is 0.0727 e. The Balaban J connectivity index is 0.803. The molecule has 95 heavy (non-hydrogen) atoms. The quantitative estimate of drug-likeness (QED) is 0.113. The lowest BCUT2D eigenvalue weighted by Gasteiger charge is -2.42. The van der Waals surface area contributed by atoms with Crippen molar-refractivity contribution in [2.45, 2.75) is 54.8 Å². The second-order valence-corrected chi connectivity index (χ2v) is 27.3. The Kier molecular flexibility index (Phi) is 12.6. The lowest BCUT2D eigenvalue weighted by molar-refractivity contribution is 0.442. The van der Waals surface area contributed by atoms with E-state index < -0.39 is 10.8 Å². The van der Waals surface area contributed by atoms with Gasteiger partial charge in [0.05, 0.1) is 10.8 Å². The van der Waals surface area contributed by atoms with Gasteiger partial charge in [-0.1, -0.05) is 255 Å². The van der Waals surface area contributed by atoms with E-state index in [2.05, 4.69) is 332 Å². The summed E-state index contributed by atoms with van der Waals surface area (Å²) in [6.07, 6.45) is 15.6. The molecule has 452 valence electrons. The van der Waals surface area contributed by atoms with Crippen molar-refractivity contribution in [1.29, 1.82) is 0 Å². The Bertz CT molecular complexity index is 5230. The number of anilines is 6. The van der Waals surface area contributed by atoms with Gasteiger partial charge >= 0.3 is 0 Å². The molecule has 7 aliphatic rings. The summed E-state index contributed by atoms with van der Waals surface area (Å²) in [4.78, 5) is 5.07. The van der Waals surface area contributed by atoms with Crippen molar-refractivity contribution in [3.63, 3.8) is 0 Å². The first-order valence-corrected chi connectivity index (χ1v) is 34.1. The molecule has 5 atom stereocenters. The van der Waals surface area contributed by atoms with Crippen molar-refractivity contribution in [1.82, 2.24) is 0 Å². The average molecular weight is 1220 g/mol.